The lowest BCUT2D eigenvalue weighted by Crippen LogP contribution is -2.30. The molecule has 29 heavy (non-hydrogen) atoms. The first kappa shape index (κ1) is 18.9. The van der Waals surface area contributed by atoms with E-state index < -0.39 is 17.8 Å². The number of carbonyl (C=O) groups excluding carboxylic acids is 2. The van der Waals surface area contributed by atoms with Gasteiger partial charge in [-0.2, -0.15) is 0 Å². The molecule has 3 aromatic rings. The molecule has 148 valence electrons. The van der Waals surface area contributed by atoms with Crippen LogP contribution in [0.4, 0.5) is 10.1 Å². The van der Waals surface area contributed by atoms with Crippen LogP contribution in [-0.4, -0.2) is 35.9 Å². The highest BCUT2D eigenvalue weighted by Gasteiger charge is 2.42. The molecule has 1 aliphatic heterocycles. The fourth-order valence-corrected chi connectivity index (χ4v) is 3.78. The van der Waals surface area contributed by atoms with Crippen LogP contribution in [0.2, 0.25) is 0 Å². The number of ether oxygens (including phenoxy) is 1. The Morgan fingerprint density at radius 2 is 2.07 bits per heavy atom. The first-order chi connectivity index (χ1) is 14.0. The van der Waals surface area contributed by atoms with Crippen molar-refractivity contribution in [2.45, 2.75) is 12.5 Å². The summed E-state index contributed by atoms with van der Waals surface area (Å²) in [5.74, 6) is -0.772. The van der Waals surface area contributed by atoms with E-state index in [2.05, 4.69) is 10.3 Å². The van der Waals surface area contributed by atoms with Gasteiger partial charge in [-0.25, -0.2) is 4.39 Å². The van der Waals surface area contributed by atoms with Crippen LogP contribution in [0.3, 0.4) is 0 Å². The normalized spacial score (nSPS) is 18.9. The Balaban J connectivity index is 1.59. The minimum atomic E-state index is -0.624. The smallest absolute Gasteiger partial charge is 0.230 e. The van der Waals surface area contributed by atoms with Gasteiger partial charge in [0.15, 0.2) is 0 Å². The maximum absolute atomic E-state index is 13.7. The monoisotopic (exact) mass is 393 g/mol. The standard InChI is InChI=1S/C22H20FN3O3/c1-26-20(27)11-18(21(26)14-4-3-5-15(23)8-14)22(28)25-16-9-13-6-7-17(29-2)10-19(13)24-12-16/h3-10,12,18,21H,11H2,1-2H3,(H,25,28). The number of nitrogens with zero attached hydrogens (tertiary/aromatic N) is 2. The average Bonchev–Trinajstić information content (AvgIpc) is 3.02. The number of methoxy groups -OCH3 is 1. The Morgan fingerprint density at radius 1 is 1.24 bits per heavy atom. The van der Waals surface area contributed by atoms with Crippen LogP contribution >= 0.6 is 0 Å². The van der Waals surface area contributed by atoms with Crippen LogP contribution in [0, 0.1) is 11.7 Å². The van der Waals surface area contributed by atoms with Crippen LogP contribution in [0.5, 0.6) is 5.75 Å². The highest BCUT2D eigenvalue weighted by Crippen LogP contribution is 2.38. The molecule has 0 bridgehead atoms. The van der Waals surface area contributed by atoms with E-state index in [0.717, 1.165) is 10.9 Å². The van der Waals surface area contributed by atoms with E-state index in [1.807, 2.05) is 24.3 Å². The van der Waals surface area contributed by atoms with Crippen molar-refractivity contribution in [3.8, 4) is 5.75 Å². The molecule has 0 radical (unpaired) electrons. The summed E-state index contributed by atoms with van der Waals surface area (Å²) in [4.78, 5) is 31.1. The lowest BCUT2D eigenvalue weighted by molar-refractivity contribution is -0.128. The van der Waals surface area contributed by atoms with E-state index in [0.29, 0.717) is 17.0 Å². The van der Waals surface area contributed by atoms with Crippen molar-refractivity contribution in [3.05, 3.63) is 66.1 Å². The summed E-state index contributed by atoms with van der Waals surface area (Å²) in [6.45, 7) is 0. The number of hydrogen-bond acceptors (Lipinski definition) is 4. The van der Waals surface area contributed by atoms with E-state index in [-0.39, 0.29) is 18.2 Å². The van der Waals surface area contributed by atoms with Crippen molar-refractivity contribution < 1.29 is 18.7 Å². The molecule has 1 fully saturated rings. The van der Waals surface area contributed by atoms with E-state index in [1.54, 1.807) is 32.5 Å². The molecular formula is C22H20FN3O3. The van der Waals surface area contributed by atoms with Gasteiger partial charge in [0.05, 0.1) is 36.5 Å². The van der Waals surface area contributed by atoms with E-state index in [1.165, 1.54) is 17.0 Å². The van der Waals surface area contributed by atoms with Gasteiger partial charge in [-0.15, -0.1) is 0 Å². The zero-order chi connectivity index (χ0) is 20.5. The Kier molecular flexibility index (Phi) is 4.88. The molecule has 2 unspecified atom stereocenters. The Morgan fingerprint density at radius 3 is 2.83 bits per heavy atom. The van der Waals surface area contributed by atoms with Crippen molar-refractivity contribution in [2.75, 3.05) is 19.5 Å². The molecule has 2 heterocycles. The number of aromatic nitrogens is 1. The second-order valence-electron chi connectivity index (χ2n) is 7.09. The van der Waals surface area contributed by atoms with Crippen molar-refractivity contribution >= 4 is 28.4 Å². The number of halogens is 1. The van der Waals surface area contributed by atoms with Crippen molar-refractivity contribution in [1.29, 1.82) is 0 Å². The lowest BCUT2D eigenvalue weighted by atomic mass is 9.92. The number of fused-ring (bicyclic) bond motifs is 1. The molecule has 2 amide bonds. The molecule has 1 N–H and O–H groups in total. The number of carbonyl (C=O) groups is 2. The molecule has 2 atom stereocenters. The number of likely N-dealkylation sites (tertiary alicyclic amines) is 1. The highest BCUT2D eigenvalue weighted by atomic mass is 19.1. The van der Waals surface area contributed by atoms with Crippen LogP contribution in [0.25, 0.3) is 10.9 Å². The summed E-state index contributed by atoms with van der Waals surface area (Å²) in [6.07, 6.45) is 1.64. The van der Waals surface area contributed by atoms with Gasteiger partial charge in [-0.1, -0.05) is 12.1 Å². The molecule has 0 aliphatic carbocycles. The quantitative estimate of drug-likeness (QED) is 0.736. The molecule has 0 spiro atoms. The van der Waals surface area contributed by atoms with Crippen LogP contribution in [-0.2, 0) is 9.59 Å². The summed E-state index contributed by atoms with van der Waals surface area (Å²) in [7, 11) is 3.22. The molecule has 6 nitrogen and oxygen atoms in total. The number of hydrogen-bond donors (Lipinski definition) is 1. The molecule has 7 heteroatoms. The number of amides is 2. The predicted molar refractivity (Wildman–Crippen MR) is 107 cm³/mol. The first-order valence-corrected chi connectivity index (χ1v) is 9.22. The summed E-state index contributed by atoms with van der Waals surface area (Å²) < 4.78 is 18.9. The minimum absolute atomic E-state index is 0.0712. The third-order valence-corrected chi connectivity index (χ3v) is 5.27. The topological polar surface area (TPSA) is 71.5 Å². The van der Waals surface area contributed by atoms with Gasteiger partial charge >= 0.3 is 0 Å². The summed E-state index contributed by atoms with van der Waals surface area (Å²) >= 11 is 0. The molecular weight excluding hydrogens is 373 g/mol. The third-order valence-electron chi connectivity index (χ3n) is 5.27. The average molecular weight is 393 g/mol. The number of nitrogens with one attached hydrogen (secondary N) is 1. The van der Waals surface area contributed by atoms with Gasteiger partial charge < -0.3 is 15.0 Å². The minimum Gasteiger partial charge on any atom is -0.497 e. The van der Waals surface area contributed by atoms with Gasteiger partial charge in [-0.05, 0) is 35.9 Å². The fraction of sp³-hybridized carbons (Fsp3) is 0.227. The van der Waals surface area contributed by atoms with Gasteiger partial charge in [0, 0.05) is 24.9 Å². The van der Waals surface area contributed by atoms with Crippen LogP contribution in [0.1, 0.15) is 18.0 Å². The highest BCUT2D eigenvalue weighted by molar-refractivity contribution is 5.99. The predicted octanol–water partition coefficient (Wildman–Crippen LogP) is 3.54. The first-order valence-electron chi connectivity index (χ1n) is 9.22. The molecule has 1 saturated heterocycles. The largest absolute Gasteiger partial charge is 0.497 e. The summed E-state index contributed by atoms with van der Waals surface area (Å²) in [5, 5.41) is 3.71. The molecule has 4 rings (SSSR count). The summed E-state index contributed by atoms with van der Waals surface area (Å²) in [6, 6.07) is 12.8. The zero-order valence-electron chi connectivity index (χ0n) is 16.1. The molecule has 0 saturated carbocycles. The van der Waals surface area contributed by atoms with Crippen molar-refractivity contribution in [2.24, 2.45) is 5.92 Å². The summed E-state index contributed by atoms with van der Waals surface area (Å²) in [5.41, 5.74) is 1.88. The second-order valence-corrected chi connectivity index (χ2v) is 7.09. The molecule has 2 aromatic carbocycles. The number of rotatable bonds is 4. The van der Waals surface area contributed by atoms with E-state index in [4.69, 9.17) is 4.74 Å². The SMILES string of the molecule is COc1ccc2cc(NC(=O)C3CC(=O)N(C)C3c3cccc(F)c3)cnc2c1. The van der Waals surface area contributed by atoms with Crippen LogP contribution < -0.4 is 10.1 Å². The number of benzene rings is 2. The maximum Gasteiger partial charge on any atom is 0.230 e. The second kappa shape index (κ2) is 7.50. The number of anilines is 1. The fourth-order valence-electron chi connectivity index (χ4n) is 3.78. The van der Waals surface area contributed by atoms with Gasteiger partial charge in [0.2, 0.25) is 11.8 Å². The molecule has 1 aliphatic rings. The third kappa shape index (κ3) is 3.63. The Labute approximate surface area is 167 Å². The van der Waals surface area contributed by atoms with Gasteiger partial charge in [0.1, 0.15) is 11.6 Å². The maximum atomic E-state index is 13.7. The van der Waals surface area contributed by atoms with E-state index in [9.17, 15) is 14.0 Å². The zero-order valence-corrected chi connectivity index (χ0v) is 16.1. The van der Waals surface area contributed by atoms with E-state index >= 15 is 0 Å². The Bertz CT molecular complexity index is 1100. The molecule has 1 aromatic heterocycles. The van der Waals surface area contributed by atoms with Crippen LogP contribution in [0.15, 0.2) is 54.7 Å². The van der Waals surface area contributed by atoms with Crippen molar-refractivity contribution in [3.63, 3.8) is 0 Å². The van der Waals surface area contributed by atoms with Gasteiger partial charge in [0.25, 0.3) is 0 Å². The number of pyridine rings is 1. The van der Waals surface area contributed by atoms with Crippen molar-refractivity contribution in [1.82, 2.24) is 9.88 Å². The Hall–Kier alpha value is -3.48. The lowest BCUT2D eigenvalue weighted by Gasteiger charge is -2.25. The van der Waals surface area contributed by atoms with Gasteiger partial charge in [-0.3, -0.25) is 14.6 Å².